The second-order valence-corrected chi connectivity index (χ2v) is 29.6. The SMILES string of the molecule is COc1cc(CC(COC2OC(CO)C(O)C(O)C2O)C(COC2OC(COC(=O)CC(C)(O)CC(=O)OCC3OC(OCC(Cc4ccc(O)c(OC)c4)C(COC4OC(COC(=O)CC(C)(O)CC(=O)O)C(O)C(O)C4O)Cc4ccc(O)c(OC)c4)C(O)C(O)C3O)C(O)C(O)C2O)Cc2ccc(O)c(OC)c2)ccc1O. The Balaban J connectivity index is 0.919. The van der Waals surface area contributed by atoms with Gasteiger partial charge >= 0.3 is 23.9 Å². The van der Waals surface area contributed by atoms with Gasteiger partial charge < -0.3 is 173 Å². The van der Waals surface area contributed by atoms with Crippen LogP contribution in [0.5, 0.6) is 46.0 Å². The third-order valence-electron chi connectivity index (χ3n) is 20.4. The molecule has 26 unspecified atom stereocenters. The highest BCUT2D eigenvalue weighted by molar-refractivity contribution is 5.75. The molecule has 0 saturated carbocycles. The van der Waals surface area contributed by atoms with Crippen LogP contribution in [0.3, 0.4) is 0 Å². The molecule has 4 heterocycles. The van der Waals surface area contributed by atoms with E-state index < -0.39 is 254 Å². The van der Waals surface area contributed by atoms with Crippen molar-refractivity contribution >= 4 is 23.9 Å². The number of rotatable bonds is 41. The lowest BCUT2D eigenvalue weighted by Crippen LogP contribution is -2.60. The minimum Gasteiger partial charge on any atom is -0.504 e. The largest absolute Gasteiger partial charge is 0.504 e. The molecule has 0 radical (unpaired) electrons. The van der Waals surface area contributed by atoms with Gasteiger partial charge in [-0.05, 0) is 134 Å². The Labute approximate surface area is 659 Å². The van der Waals surface area contributed by atoms with Gasteiger partial charge in [-0.15, -0.1) is 0 Å². The second kappa shape index (κ2) is 42.1. The summed E-state index contributed by atoms with van der Waals surface area (Å²) >= 11 is 0. The van der Waals surface area contributed by atoms with Crippen molar-refractivity contribution in [1.29, 1.82) is 0 Å². The maximum Gasteiger partial charge on any atom is 0.308 e. The number of carboxylic acid groups (broad SMARTS) is 1. The number of aromatic hydroxyl groups is 4. The first-order chi connectivity index (χ1) is 54.4. The molecule has 26 atom stereocenters. The van der Waals surface area contributed by atoms with E-state index >= 15 is 0 Å². The van der Waals surface area contributed by atoms with Crippen LogP contribution in [-0.2, 0) is 97.0 Å². The predicted octanol–water partition coefficient (Wildman–Crippen LogP) is -3.66. The van der Waals surface area contributed by atoms with Crippen LogP contribution in [0.2, 0.25) is 0 Å². The first kappa shape index (κ1) is 92.7. The number of aliphatic hydroxyl groups is 15. The molecule has 20 N–H and O–H groups in total. The zero-order chi connectivity index (χ0) is 84.5. The summed E-state index contributed by atoms with van der Waals surface area (Å²) in [5.74, 6) is -8.72. The first-order valence-corrected chi connectivity index (χ1v) is 36.8. The fourth-order valence-corrected chi connectivity index (χ4v) is 13.8. The molecule has 115 heavy (non-hydrogen) atoms. The number of carbonyl (C=O) groups excluding carboxylic acids is 3. The zero-order valence-electron chi connectivity index (χ0n) is 63.8. The van der Waals surface area contributed by atoms with Gasteiger partial charge in [-0.1, -0.05) is 24.3 Å². The number of hydrogen-bond donors (Lipinski definition) is 20. The number of aliphatic hydroxyl groups excluding tert-OH is 13. The molecule has 4 saturated heterocycles. The van der Waals surface area contributed by atoms with E-state index in [-0.39, 0.29) is 78.3 Å². The summed E-state index contributed by atoms with van der Waals surface area (Å²) in [4.78, 5) is 51.0. The highest BCUT2D eigenvalue weighted by Crippen LogP contribution is 2.38. The van der Waals surface area contributed by atoms with Gasteiger partial charge in [0.05, 0.1) is 98.4 Å². The third kappa shape index (κ3) is 25.4. The Morgan fingerprint density at radius 1 is 0.357 bits per heavy atom. The molecule has 644 valence electrons. The Hall–Kier alpha value is -7.76. The monoisotopic (exact) mass is 1640 g/mol. The molecule has 0 bridgehead atoms. The van der Waals surface area contributed by atoms with Crippen LogP contribution in [0.15, 0.2) is 72.8 Å². The molecule has 4 aromatic rings. The van der Waals surface area contributed by atoms with E-state index in [0.717, 1.165) is 13.8 Å². The van der Waals surface area contributed by atoms with E-state index in [0.29, 0.717) is 22.3 Å². The van der Waals surface area contributed by atoms with Crippen molar-refractivity contribution in [3.63, 3.8) is 0 Å². The Morgan fingerprint density at radius 3 is 0.809 bits per heavy atom. The standard InChI is InChI=1S/C76H106O39/c1-75(99,23-55(82)83)24-56(84)105-32-52-60(88)64(92)68(96)72(113-52)110-30-41(17-37-9-13-45(80)49(21-37)103-5)42(18-38-10-14-46(81)50(22-38)104-6)31-111-74-70(98)66(94)62(90)54(115-74)34-107-58(86)26-76(2,100)25-57(85)106-33-53-61(89)65(93)69(97)73(114-53)109-29-40(16-36-8-12-44(79)48(20-36)102-4)39(15-35-7-11-43(78)47(19-35)101-3)28-108-71-67(95)63(91)59(87)51(27-77)112-71/h7-14,19-22,39-42,51-54,59-74,77-81,87-100H,15-18,23-34H2,1-6H3,(H,82,83). The molecule has 4 fully saturated rings. The number of benzene rings is 4. The molecule has 39 heteroatoms. The van der Waals surface area contributed by atoms with Gasteiger partial charge in [0.2, 0.25) is 0 Å². The van der Waals surface area contributed by atoms with Crippen molar-refractivity contribution in [2.75, 3.05) is 81.3 Å². The van der Waals surface area contributed by atoms with Crippen molar-refractivity contribution in [2.45, 2.75) is 199 Å². The molecule has 4 aliphatic heterocycles. The van der Waals surface area contributed by atoms with Crippen LogP contribution < -0.4 is 18.9 Å². The number of carboxylic acids is 1. The smallest absolute Gasteiger partial charge is 0.308 e. The molecule has 0 aromatic heterocycles. The highest BCUT2D eigenvalue weighted by Gasteiger charge is 2.50. The fourth-order valence-electron chi connectivity index (χ4n) is 13.8. The van der Waals surface area contributed by atoms with Gasteiger partial charge in [0.15, 0.2) is 71.2 Å². The van der Waals surface area contributed by atoms with Crippen LogP contribution in [0.4, 0.5) is 0 Å². The van der Waals surface area contributed by atoms with E-state index in [1.165, 1.54) is 77.0 Å². The van der Waals surface area contributed by atoms with E-state index in [1.807, 2.05) is 0 Å². The van der Waals surface area contributed by atoms with Gasteiger partial charge in [0.1, 0.15) is 117 Å². The number of ether oxygens (including phenoxy) is 15. The number of carbonyl (C=O) groups is 4. The third-order valence-corrected chi connectivity index (χ3v) is 20.4. The minimum absolute atomic E-state index is 0.000197. The Kier molecular flexibility index (Phi) is 33.9. The maximum absolute atomic E-state index is 13.5. The van der Waals surface area contributed by atoms with E-state index in [2.05, 4.69) is 0 Å². The number of phenolic OH excluding ortho intramolecular Hbond substituents is 4. The summed E-state index contributed by atoms with van der Waals surface area (Å²) in [6, 6.07) is 17.8. The van der Waals surface area contributed by atoms with Crippen molar-refractivity contribution < 1.29 is 192 Å². The van der Waals surface area contributed by atoms with Crippen LogP contribution >= 0.6 is 0 Å². The fraction of sp³-hybridized carbons (Fsp3) is 0.632. The van der Waals surface area contributed by atoms with Crippen molar-refractivity contribution in [3.05, 3.63) is 95.1 Å². The quantitative estimate of drug-likeness (QED) is 0.0150. The molecule has 4 aromatic carbocycles. The predicted molar refractivity (Wildman–Crippen MR) is 385 cm³/mol. The molecule has 4 aliphatic rings. The van der Waals surface area contributed by atoms with Crippen LogP contribution in [0, 0.1) is 23.7 Å². The molecular formula is C76H106O39. The summed E-state index contributed by atoms with van der Waals surface area (Å²) in [6.07, 6.45) is -39.6. The van der Waals surface area contributed by atoms with Crippen LogP contribution in [0.1, 0.15) is 61.8 Å². The van der Waals surface area contributed by atoms with Crippen molar-refractivity contribution in [3.8, 4) is 46.0 Å². The van der Waals surface area contributed by atoms with Gasteiger partial charge in [0.25, 0.3) is 0 Å². The first-order valence-electron chi connectivity index (χ1n) is 36.8. The van der Waals surface area contributed by atoms with Gasteiger partial charge in [-0.25, -0.2) is 0 Å². The lowest BCUT2D eigenvalue weighted by molar-refractivity contribution is -0.309. The van der Waals surface area contributed by atoms with E-state index in [1.54, 1.807) is 24.3 Å². The summed E-state index contributed by atoms with van der Waals surface area (Å²) in [7, 11) is 5.27. The average Bonchev–Trinajstić information content (AvgIpc) is 0.818. The second-order valence-electron chi connectivity index (χ2n) is 29.6. The number of methoxy groups -OCH3 is 4. The normalized spacial score (nSPS) is 29.8. The topological polar surface area (TPSA) is 611 Å². The molecule has 0 spiro atoms. The Morgan fingerprint density at radius 2 is 0.583 bits per heavy atom. The lowest BCUT2D eigenvalue weighted by atomic mass is 9.83. The number of hydrogen-bond acceptors (Lipinski definition) is 38. The lowest BCUT2D eigenvalue weighted by Gasteiger charge is -2.41. The minimum atomic E-state index is -2.27. The van der Waals surface area contributed by atoms with Crippen LogP contribution in [-0.4, -0.2) is 341 Å². The number of aliphatic carboxylic acids is 1. The van der Waals surface area contributed by atoms with E-state index in [4.69, 9.17) is 76.2 Å². The summed E-state index contributed by atoms with van der Waals surface area (Å²) in [6.45, 7) is -2.73. The van der Waals surface area contributed by atoms with Crippen molar-refractivity contribution in [1.82, 2.24) is 0 Å². The highest BCUT2D eigenvalue weighted by atomic mass is 16.7. The van der Waals surface area contributed by atoms with Gasteiger partial charge in [-0.3, -0.25) is 19.2 Å². The number of phenols is 4. The maximum atomic E-state index is 13.5. The molecule has 39 nitrogen and oxygen atoms in total. The molecule has 0 amide bonds. The molecular weight excluding hydrogens is 1540 g/mol. The summed E-state index contributed by atoms with van der Waals surface area (Å²) < 4.78 is 85.4. The molecule has 0 aliphatic carbocycles. The summed E-state index contributed by atoms with van der Waals surface area (Å²) in [5, 5.41) is 216. The zero-order valence-corrected chi connectivity index (χ0v) is 63.8. The number of esters is 3. The van der Waals surface area contributed by atoms with Gasteiger partial charge in [0, 0.05) is 0 Å². The Bertz CT molecular complexity index is 3760. The van der Waals surface area contributed by atoms with Crippen LogP contribution in [0.25, 0.3) is 0 Å². The molecule has 8 rings (SSSR count). The summed E-state index contributed by atoms with van der Waals surface area (Å²) in [5.41, 5.74) is -2.20. The van der Waals surface area contributed by atoms with Gasteiger partial charge in [-0.2, -0.15) is 0 Å². The van der Waals surface area contributed by atoms with Crippen molar-refractivity contribution in [2.24, 2.45) is 23.7 Å². The average molecular weight is 1640 g/mol. The van der Waals surface area contributed by atoms with E-state index in [9.17, 15) is 116 Å².